The normalized spacial score (nSPS) is 3.00. The third kappa shape index (κ3) is 52.6. The zero-order chi connectivity index (χ0) is 2.71. The second kappa shape index (κ2) is 32.2. The largest absolute Gasteiger partial charge is 0.0209 e. The van der Waals surface area contributed by atoms with E-state index in [0.717, 1.165) is 0 Å². The fourth-order valence-electron chi connectivity index (χ4n) is 0. The van der Waals surface area contributed by atoms with Crippen molar-refractivity contribution in [2.75, 3.05) is 0 Å². The topological polar surface area (TPSA) is 9.23 Å². The SMILES string of the molecule is FOF.[Co].[Li].[Ni]. The van der Waals surface area contributed by atoms with E-state index in [9.17, 15) is 0 Å². The first kappa shape index (κ1) is 26.2. The maximum absolute atomic E-state index is 9.12. The minimum Gasteiger partial charge on any atom is -0.0104 e. The summed E-state index contributed by atoms with van der Waals surface area (Å²) in [5.41, 5.74) is 0. The van der Waals surface area contributed by atoms with Crippen LogP contribution in [0.1, 0.15) is 0 Å². The predicted octanol–water partition coefficient (Wildman–Crippen LogP) is 0.386. The Labute approximate surface area is 66.3 Å². The van der Waals surface area contributed by atoms with E-state index in [0.29, 0.717) is 0 Å². The molecule has 0 saturated heterocycles. The maximum atomic E-state index is 9.12. The van der Waals surface area contributed by atoms with Crippen molar-refractivity contribution < 1.29 is 47.5 Å². The molecule has 0 N–H and O–H groups in total. The van der Waals surface area contributed by atoms with Crippen LogP contribution in [0.25, 0.3) is 0 Å². The van der Waals surface area contributed by atoms with E-state index < -0.39 is 0 Å². The van der Waals surface area contributed by atoms with Crippen LogP contribution in [0.5, 0.6) is 0 Å². The van der Waals surface area contributed by atoms with E-state index in [1.165, 1.54) is 5.15 Å². The van der Waals surface area contributed by atoms with Gasteiger partial charge in [0.15, 0.2) is 0 Å². The smallest absolute Gasteiger partial charge is 0.0104 e. The van der Waals surface area contributed by atoms with Gasteiger partial charge in [-0.2, -0.15) is 0 Å². The molecular weight excluding hydrogens is 179 g/mol. The summed E-state index contributed by atoms with van der Waals surface area (Å²) in [5.74, 6) is 0. The molecule has 0 aliphatic carbocycles. The van der Waals surface area contributed by atoms with Gasteiger partial charge in [-0.15, -0.1) is 0 Å². The van der Waals surface area contributed by atoms with Crippen LogP contribution in [0, 0.1) is 0 Å². The molecule has 2 radical (unpaired) electrons. The summed E-state index contributed by atoms with van der Waals surface area (Å²) < 4.78 is 18.2. The van der Waals surface area contributed by atoms with Crippen LogP contribution in [-0.4, -0.2) is 18.9 Å². The van der Waals surface area contributed by atoms with Crippen molar-refractivity contribution in [2.45, 2.75) is 0 Å². The van der Waals surface area contributed by atoms with Crippen LogP contribution in [-0.2, 0) is 38.4 Å². The molecular formula is CoF2LiNiO. The minimum absolute atomic E-state index is 0. The summed E-state index contributed by atoms with van der Waals surface area (Å²) in [6, 6.07) is 0. The van der Waals surface area contributed by atoms with Crippen molar-refractivity contribution in [3.05, 3.63) is 0 Å². The van der Waals surface area contributed by atoms with Gasteiger partial charge in [0.2, 0.25) is 0 Å². The molecule has 0 aromatic carbocycles. The Morgan fingerprint density at radius 1 is 1.17 bits per heavy atom. The molecule has 40 valence electrons. The van der Waals surface area contributed by atoms with Crippen LogP contribution >= 0.6 is 0 Å². The summed E-state index contributed by atoms with van der Waals surface area (Å²) in [5, 5.41) is 1.25. The van der Waals surface area contributed by atoms with Gasteiger partial charge in [-0.25, -0.2) is 0 Å². The second-order valence-corrected chi connectivity index (χ2v) is 0.0583. The van der Waals surface area contributed by atoms with Crippen LogP contribution < -0.4 is 0 Å². The molecule has 6 heteroatoms. The van der Waals surface area contributed by atoms with Crippen molar-refractivity contribution in [1.29, 1.82) is 0 Å². The molecule has 0 aromatic rings. The van der Waals surface area contributed by atoms with Gasteiger partial charge in [0.1, 0.15) is 0 Å². The summed E-state index contributed by atoms with van der Waals surface area (Å²) >= 11 is 0. The summed E-state index contributed by atoms with van der Waals surface area (Å²) in [6.07, 6.45) is 0. The molecule has 0 bridgehead atoms. The van der Waals surface area contributed by atoms with E-state index in [1.54, 1.807) is 0 Å². The van der Waals surface area contributed by atoms with Crippen molar-refractivity contribution in [1.82, 2.24) is 0 Å². The molecule has 0 aliphatic heterocycles. The average molecular weight is 179 g/mol. The van der Waals surface area contributed by atoms with Gasteiger partial charge in [-0.1, -0.05) is 0 Å². The molecule has 0 aromatic heterocycles. The van der Waals surface area contributed by atoms with Crippen molar-refractivity contribution in [2.24, 2.45) is 0 Å². The second-order valence-electron chi connectivity index (χ2n) is 0.0583. The zero-order valence-electron chi connectivity index (χ0n) is 2.81. The third-order valence-corrected chi connectivity index (χ3v) is 0. The van der Waals surface area contributed by atoms with E-state index >= 15 is 0 Å². The Kier molecular flexibility index (Phi) is 140. The molecule has 1 nitrogen and oxygen atoms in total. The van der Waals surface area contributed by atoms with Crippen LogP contribution in [0.2, 0.25) is 0 Å². The van der Waals surface area contributed by atoms with Gasteiger partial charge in [-0.05, 0) is 9.05 Å². The Balaban J connectivity index is -0.00000000667. The van der Waals surface area contributed by atoms with Gasteiger partial charge in [0, 0.05) is 57.3 Å². The molecule has 0 fully saturated rings. The summed E-state index contributed by atoms with van der Waals surface area (Å²) in [4.78, 5) is 0. The first-order valence-electron chi connectivity index (χ1n) is 0.309. The fraction of sp³-hybridized carbons (Fsp3) is 0. The van der Waals surface area contributed by atoms with Crippen molar-refractivity contribution in [3.8, 4) is 0 Å². The number of rotatable bonds is 0. The van der Waals surface area contributed by atoms with Gasteiger partial charge in [-0.3, -0.25) is 0 Å². The van der Waals surface area contributed by atoms with E-state index in [4.69, 9.17) is 9.05 Å². The Morgan fingerprint density at radius 3 is 1.17 bits per heavy atom. The number of hydrogen-bond acceptors (Lipinski definition) is 1. The van der Waals surface area contributed by atoms with E-state index in [2.05, 4.69) is 0 Å². The molecule has 0 spiro atoms. The standard InChI is InChI=1S/Co.F2O.Li.Ni/c;1-3-2;;. The molecule has 0 rings (SSSR count). The Bertz CT molecular complexity index is 13.5. The van der Waals surface area contributed by atoms with Crippen molar-refractivity contribution >= 4 is 18.9 Å². The molecule has 0 unspecified atom stereocenters. The minimum atomic E-state index is 0. The van der Waals surface area contributed by atoms with Crippen LogP contribution in [0.4, 0.5) is 9.05 Å². The van der Waals surface area contributed by atoms with Crippen LogP contribution in [0.3, 0.4) is 0 Å². The zero-order valence-corrected chi connectivity index (χ0v) is 4.84. The first-order valence-corrected chi connectivity index (χ1v) is 0.309. The van der Waals surface area contributed by atoms with E-state index in [-0.39, 0.29) is 52.1 Å². The maximum Gasteiger partial charge on any atom is 0.0209 e. The quantitative estimate of drug-likeness (QED) is 0.488. The molecule has 0 atom stereocenters. The Hall–Kier alpha value is 1.42. The van der Waals surface area contributed by atoms with Gasteiger partial charge < -0.3 is 0 Å². The van der Waals surface area contributed by atoms with Crippen molar-refractivity contribution in [3.63, 3.8) is 0 Å². The van der Waals surface area contributed by atoms with Gasteiger partial charge in [0.05, 0.1) is 0 Å². The molecule has 0 saturated carbocycles. The summed E-state index contributed by atoms with van der Waals surface area (Å²) in [6.45, 7) is 0. The Morgan fingerprint density at radius 2 is 1.17 bits per heavy atom. The fourth-order valence-corrected chi connectivity index (χ4v) is 0. The molecule has 0 heterocycles. The monoisotopic (exact) mass is 178 g/mol. The van der Waals surface area contributed by atoms with E-state index in [1.807, 2.05) is 0 Å². The molecule has 6 heavy (non-hydrogen) atoms. The molecule has 0 amide bonds. The van der Waals surface area contributed by atoms with Gasteiger partial charge >= 0.3 is 0 Å². The molecule has 0 aliphatic rings. The number of halogens is 2. The first-order chi connectivity index (χ1) is 1.41. The summed E-state index contributed by atoms with van der Waals surface area (Å²) in [7, 11) is 0. The number of hydrogen-bond donors (Lipinski definition) is 0. The van der Waals surface area contributed by atoms with Gasteiger partial charge in [0.25, 0.3) is 0 Å². The third-order valence-electron chi connectivity index (χ3n) is 0. The average Bonchev–Trinajstić information content (AvgIpc) is 0.918. The van der Waals surface area contributed by atoms with Crippen LogP contribution in [0.15, 0.2) is 0 Å². The predicted molar refractivity (Wildman–Crippen MR) is 9.05 cm³/mol.